The molecular formula is C19H20FN3S. The van der Waals surface area contributed by atoms with Gasteiger partial charge in [0.25, 0.3) is 0 Å². The molecule has 124 valence electrons. The molecule has 5 heteroatoms. The van der Waals surface area contributed by atoms with Crippen LogP contribution in [0.3, 0.4) is 0 Å². The Kier molecular flexibility index (Phi) is 5.67. The molecule has 0 spiro atoms. The van der Waals surface area contributed by atoms with Gasteiger partial charge in [-0.15, -0.1) is 0 Å². The SMILES string of the molecule is NSc1ccc(F)cc1.c1ccc(-c2cncn2C2CCC2)cc1. The van der Waals surface area contributed by atoms with Crippen LogP contribution in [0.15, 0.2) is 72.0 Å². The quantitative estimate of drug-likeness (QED) is 0.677. The average Bonchev–Trinajstić information content (AvgIpc) is 3.04. The summed E-state index contributed by atoms with van der Waals surface area (Å²) < 4.78 is 14.5. The van der Waals surface area contributed by atoms with E-state index in [1.54, 1.807) is 12.1 Å². The van der Waals surface area contributed by atoms with Crippen LogP contribution in [0.5, 0.6) is 0 Å². The topological polar surface area (TPSA) is 43.8 Å². The fraction of sp³-hybridized carbons (Fsp3) is 0.211. The monoisotopic (exact) mass is 341 g/mol. The predicted molar refractivity (Wildman–Crippen MR) is 97.0 cm³/mol. The van der Waals surface area contributed by atoms with E-state index in [1.165, 1.54) is 42.7 Å². The van der Waals surface area contributed by atoms with Crippen LogP contribution in [0.1, 0.15) is 25.3 Å². The maximum absolute atomic E-state index is 12.2. The number of nitrogens with zero attached hydrogens (tertiary/aromatic N) is 2. The standard InChI is InChI=1S/C13H14N2.C6H6FNS/c1-2-5-11(6-3-1)13-9-14-10-15(13)12-7-4-8-12;7-5-1-3-6(9-8)4-2-5/h1-3,5-6,9-10,12H,4,7-8H2;1-4H,8H2. The van der Waals surface area contributed by atoms with Crippen LogP contribution in [-0.4, -0.2) is 9.55 Å². The lowest BCUT2D eigenvalue weighted by Gasteiger charge is -2.28. The van der Waals surface area contributed by atoms with Crippen LogP contribution in [0, 0.1) is 5.82 Å². The zero-order chi connectivity index (χ0) is 16.8. The Morgan fingerprint density at radius 2 is 1.75 bits per heavy atom. The minimum absolute atomic E-state index is 0.229. The van der Waals surface area contributed by atoms with Crippen molar-refractivity contribution in [2.45, 2.75) is 30.2 Å². The van der Waals surface area contributed by atoms with Crippen LogP contribution in [0.2, 0.25) is 0 Å². The van der Waals surface area contributed by atoms with Crippen molar-refractivity contribution in [2.75, 3.05) is 0 Å². The van der Waals surface area contributed by atoms with E-state index in [4.69, 9.17) is 5.14 Å². The van der Waals surface area contributed by atoms with Crippen LogP contribution in [0.25, 0.3) is 11.3 Å². The first-order chi connectivity index (χ1) is 11.8. The highest BCUT2D eigenvalue weighted by atomic mass is 32.2. The molecular weight excluding hydrogens is 321 g/mol. The second-order valence-electron chi connectivity index (χ2n) is 5.71. The van der Waals surface area contributed by atoms with Gasteiger partial charge in [-0.25, -0.2) is 9.37 Å². The lowest BCUT2D eigenvalue weighted by molar-refractivity contribution is 0.316. The molecule has 1 aromatic heterocycles. The van der Waals surface area contributed by atoms with Gasteiger partial charge in [0, 0.05) is 10.9 Å². The molecule has 1 saturated carbocycles. The highest BCUT2D eigenvalue weighted by Crippen LogP contribution is 2.34. The Morgan fingerprint density at radius 3 is 2.33 bits per heavy atom. The molecule has 0 radical (unpaired) electrons. The molecule has 3 aromatic rings. The van der Waals surface area contributed by atoms with Crippen molar-refractivity contribution in [1.82, 2.24) is 9.55 Å². The maximum atomic E-state index is 12.2. The Balaban J connectivity index is 0.000000162. The number of aromatic nitrogens is 2. The van der Waals surface area contributed by atoms with Crippen LogP contribution in [0.4, 0.5) is 4.39 Å². The lowest BCUT2D eigenvalue weighted by atomic mass is 9.92. The fourth-order valence-electron chi connectivity index (χ4n) is 2.61. The maximum Gasteiger partial charge on any atom is 0.123 e. The van der Waals surface area contributed by atoms with E-state index in [2.05, 4.69) is 33.8 Å². The highest BCUT2D eigenvalue weighted by molar-refractivity contribution is 7.97. The van der Waals surface area contributed by atoms with E-state index in [0.29, 0.717) is 6.04 Å². The van der Waals surface area contributed by atoms with E-state index in [0.717, 1.165) is 16.8 Å². The Hall–Kier alpha value is -2.11. The van der Waals surface area contributed by atoms with Gasteiger partial charge in [0.1, 0.15) is 5.82 Å². The molecule has 2 aromatic carbocycles. The molecule has 1 fully saturated rings. The predicted octanol–water partition coefficient (Wildman–Crippen LogP) is 5.07. The minimum atomic E-state index is -0.229. The van der Waals surface area contributed by atoms with Gasteiger partial charge in [-0.1, -0.05) is 30.3 Å². The van der Waals surface area contributed by atoms with E-state index < -0.39 is 0 Å². The number of halogens is 1. The van der Waals surface area contributed by atoms with Gasteiger partial charge in [0.15, 0.2) is 0 Å². The van der Waals surface area contributed by atoms with Crippen molar-refractivity contribution in [1.29, 1.82) is 0 Å². The van der Waals surface area contributed by atoms with Crippen molar-refractivity contribution >= 4 is 11.9 Å². The largest absolute Gasteiger partial charge is 0.328 e. The molecule has 2 N–H and O–H groups in total. The minimum Gasteiger partial charge on any atom is -0.328 e. The van der Waals surface area contributed by atoms with Crippen LogP contribution >= 0.6 is 11.9 Å². The second kappa shape index (κ2) is 8.13. The van der Waals surface area contributed by atoms with Gasteiger partial charge in [0.2, 0.25) is 0 Å². The van der Waals surface area contributed by atoms with Gasteiger partial charge in [0.05, 0.1) is 18.2 Å². The van der Waals surface area contributed by atoms with Crippen molar-refractivity contribution < 1.29 is 4.39 Å². The van der Waals surface area contributed by atoms with Gasteiger partial charge >= 0.3 is 0 Å². The third-order valence-electron chi connectivity index (χ3n) is 4.15. The molecule has 1 aliphatic carbocycles. The van der Waals surface area contributed by atoms with Crippen molar-refractivity contribution in [2.24, 2.45) is 5.14 Å². The van der Waals surface area contributed by atoms with Crippen LogP contribution in [-0.2, 0) is 0 Å². The highest BCUT2D eigenvalue weighted by Gasteiger charge is 2.21. The number of hydrogen-bond donors (Lipinski definition) is 1. The van der Waals surface area contributed by atoms with E-state index in [1.807, 2.05) is 18.6 Å². The first-order valence-electron chi connectivity index (χ1n) is 7.97. The summed E-state index contributed by atoms with van der Waals surface area (Å²) in [7, 11) is 0. The number of nitrogens with two attached hydrogens (primary N) is 1. The summed E-state index contributed by atoms with van der Waals surface area (Å²) in [5, 5.41) is 5.19. The van der Waals surface area contributed by atoms with E-state index in [9.17, 15) is 4.39 Å². The molecule has 0 bridgehead atoms. The lowest BCUT2D eigenvalue weighted by Crippen LogP contribution is -2.16. The summed E-state index contributed by atoms with van der Waals surface area (Å²) >= 11 is 1.11. The van der Waals surface area contributed by atoms with Crippen molar-refractivity contribution in [3.63, 3.8) is 0 Å². The summed E-state index contributed by atoms with van der Waals surface area (Å²) in [5.74, 6) is -0.229. The molecule has 0 amide bonds. The number of rotatable bonds is 3. The molecule has 3 nitrogen and oxygen atoms in total. The molecule has 0 aliphatic heterocycles. The zero-order valence-corrected chi connectivity index (χ0v) is 14.1. The smallest absolute Gasteiger partial charge is 0.123 e. The molecule has 0 unspecified atom stereocenters. The van der Waals surface area contributed by atoms with Gasteiger partial charge in [-0.05, 0) is 61.0 Å². The molecule has 0 saturated heterocycles. The Morgan fingerprint density at radius 1 is 1.04 bits per heavy atom. The Labute approximate surface area is 145 Å². The molecule has 0 atom stereocenters. The van der Waals surface area contributed by atoms with E-state index in [-0.39, 0.29) is 5.82 Å². The van der Waals surface area contributed by atoms with Crippen LogP contribution < -0.4 is 5.14 Å². The average molecular weight is 341 g/mol. The summed E-state index contributed by atoms with van der Waals surface area (Å²) in [6, 6.07) is 17.2. The molecule has 1 aliphatic rings. The summed E-state index contributed by atoms with van der Waals surface area (Å²) in [5.41, 5.74) is 2.52. The van der Waals surface area contributed by atoms with Gasteiger partial charge < -0.3 is 4.57 Å². The third-order valence-corrected chi connectivity index (χ3v) is 4.70. The molecule has 1 heterocycles. The van der Waals surface area contributed by atoms with Crippen molar-refractivity contribution in [3.8, 4) is 11.3 Å². The summed E-state index contributed by atoms with van der Waals surface area (Å²) in [6.07, 6.45) is 7.89. The second-order valence-corrected chi connectivity index (χ2v) is 6.42. The zero-order valence-electron chi connectivity index (χ0n) is 13.3. The summed E-state index contributed by atoms with van der Waals surface area (Å²) in [6.45, 7) is 0. The van der Waals surface area contributed by atoms with Gasteiger partial charge in [-0.2, -0.15) is 0 Å². The molecule has 24 heavy (non-hydrogen) atoms. The summed E-state index contributed by atoms with van der Waals surface area (Å²) in [4.78, 5) is 5.14. The van der Waals surface area contributed by atoms with Gasteiger partial charge in [-0.3, -0.25) is 5.14 Å². The molecule has 4 rings (SSSR count). The number of hydrogen-bond acceptors (Lipinski definition) is 3. The first kappa shape index (κ1) is 16.7. The third kappa shape index (κ3) is 4.04. The Bertz CT molecular complexity index is 752. The van der Waals surface area contributed by atoms with E-state index >= 15 is 0 Å². The number of imidazole rings is 1. The number of benzene rings is 2. The van der Waals surface area contributed by atoms with Crippen molar-refractivity contribution in [3.05, 3.63) is 72.9 Å². The fourth-order valence-corrected chi connectivity index (χ4v) is 2.90. The first-order valence-corrected chi connectivity index (χ1v) is 8.85. The normalized spacial score (nSPS) is 13.8.